The lowest BCUT2D eigenvalue weighted by atomic mass is 9.87. The van der Waals surface area contributed by atoms with Gasteiger partial charge < -0.3 is 34.0 Å². The molecule has 2 N–H and O–H groups in total. The first-order chi connectivity index (χ1) is 30.2. The number of amides is 1. The summed E-state index contributed by atoms with van der Waals surface area (Å²) in [7, 11) is -4.65. The number of allylic oxidation sites excluding steroid dienone is 1. The normalized spacial score (nSPS) is 13.2. The van der Waals surface area contributed by atoms with Crippen LogP contribution in [0.4, 0.5) is 0 Å². The van der Waals surface area contributed by atoms with Gasteiger partial charge in [-0.25, -0.2) is 0 Å². The van der Waals surface area contributed by atoms with Crippen LogP contribution in [0.5, 0.6) is 5.75 Å². The maximum absolute atomic E-state index is 12.5. The van der Waals surface area contributed by atoms with E-state index in [0.717, 1.165) is 66.5 Å². The molecule has 2 unspecified atom stereocenters. The molecule has 0 heterocycles. The molecule has 3 aromatic carbocycles. The number of unbranched alkanes of at least 4 members (excludes halogenated alkanes) is 14. The van der Waals surface area contributed by atoms with Gasteiger partial charge in [0.25, 0.3) is 7.82 Å². The molecule has 0 radical (unpaired) electrons. The van der Waals surface area contributed by atoms with Gasteiger partial charge >= 0.3 is 5.97 Å². The summed E-state index contributed by atoms with van der Waals surface area (Å²) >= 11 is 0. The summed E-state index contributed by atoms with van der Waals surface area (Å²) in [5.74, 6) is 0.204. The lowest BCUT2D eigenvalue weighted by Gasteiger charge is -2.24. The Balaban J connectivity index is 1.28. The third-order valence-corrected chi connectivity index (χ3v) is 11.6. The van der Waals surface area contributed by atoms with Gasteiger partial charge in [0.2, 0.25) is 5.91 Å². The minimum absolute atomic E-state index is 0.0104. The standard InChI is InChI=1S/C51H77N2O8P/c1-4-6-7-8-9-10-11-12-13-14-15-16-17-18-25-32-50(55)61-43(3)42-60-62(56,57)59-40-38-53-49(54)41-52-37-26-31-48(44-27-21-19-22-28-44)51(45-29-23-20-24-30-45)46-33-35-47(36-34-46)58-39-5-2/h19-24,27-30,33-36,43,52H,4-18,25-26,31-32,37-42H2,1-3H3,(H,53,54)(H,56,57)/p-1/b51-48-. The quantitative estimate of drug-likeness (QED) is 0.0253. The Hall–Kier alpha value is -3.79. The Morgan fingerprint density at radius 2 is 1.16 bits per heavy atom. The molecular weight excluding hydrogens is 800 g/mol. The van der Waals surface area contributed by atoms with Crippen molar-refractivity contribution in [2.45, 2.75) is 149 Å². The Kier molecular flexibility index (Phi) is 27.8. The molecule has 0 aliphatic heterocycles. The molecule has 62 heavy (non-hydrogen) atoms. The van der Waals surface area contributed by atoms with Gasteiger partial charge in [-0.2, -0.15) is 0 Å². The number of phosphoric acid groups is 1. The van der Waals surface area contributed by atoms with Crippen molar-refractivity contribution in [3.8, 4) is 5.75 Å². The van der Waals surface area contributed by atoms with E-state index in [-0.39, 0.29) is 38.2 Å². The Morgan fingerprint density at radius 1 is 0.613 bits per heavy atom. The molecule has 0 bridgehead atoms. The third-order valence-electron chi connectivity index (χ3n) is 10.6. The number of rotatable bonds is 36. The van der Waals surface area contributed by atoms with E-state index < -0.39 is 13.9 Å². The lowest BCUT2D eigenvalue weighted by Crippen LogP contribution is -2.36. The second-order valence-electron chi connectivity index (χ2n) is 16.2. The number of carbonyl (C=O) groups excluding carboxylic acids is 2. The highest BCUT2D eigenvalue weighted by molar-refractivity contribution is 7.45. The van der Waals surface area contributed by atoms with E-state index in [1.807, 2.05) is 48.5 Å². The average molecular weight is 876 g/mol. The SMILES string of the molecule is CCCCCCCCCCCCCCCCCC(=O)OC(C)COP(=O)([O-])OCCNC(=O)CNCCC/C(=C(\c1ccccc1)c1ccc(OCCC)cc1)c1ccccc1. The first kappa shape index (κ1) is 52.6. The highest BCUT2D eigenvalue weighted by atomic mass is 31.2. The van der Waals surface area contributed by atoms with Crippen molar-refractivity contribution >= 4 is 30.8 Å². The number of esters is 1. The number of phosphoric ester groups is 1. The molecule has 0 spiro atoms. The first-order valence-electron chi connectivity index (χ1n) is 23.6. The zero-order chi connectivity index (χ0) is 44.5. The number of benzene rings is 3. The van der Waals surface area contributed by atoms with Gasteiger partial charge in [0.15, 0.2) is 0 Å². The number of carbonyl (C=O) groups is 2. The average Bonchev–Trinajstić information content (AvgIpc) is 3.28. The van der Waals surface area contributed by atoms with Gasteiger partial charge in [-0.1, -0.05) is 177 Å². The van der Waals surface area contributed by atoms with Crippen molar-refractivity contribution in [1.82, 2.24) is 10.6 Å². The van der Waals surface area contributed by atoms with Crippen molar-refractivity contribution in [3.05, 3.63) is 102 Å². The van der Waals surface area contributed by atoms with Crippen LogP contribution in [0.3, 0.4) is 0 Å². The molecule has 0 saturated heterocycles. The van der Waals surface area contributed by atoms with Crippen LogP contribution in [0.2, 0.25) is 0 Å². The molecule has 0 aliphatic rings. The van der Waals surface area contributed by atoms with E-state index in [9.17, 15) is 19.0 Å². The molecule has 3 aromatic rings. The van der Waals surface area contributed by atoms with Crippen molar-refractivity contribution < 1.29 is 37.6 Å². The Bertz CT molecular complexity index is 1700. The zero-order valence-corrected chi connectivity index (χ0v) is 38.9. The molecule has 0 fully saturated rings. The second-order valence-corrected chi connectivity index (χ2v) is 17.6. The molecule has 0 saturated carbocycles. The molecule has 11 heteroatoms. The van der Waals surface area contributed by atoms with E-state index in [0.29, 0.717) is 19.6 Å². The maximum atomic E-state index is 12.5. The lowest BCUT2D eigenvalue weighted by molar-refractivity contribution is -0.227. The number of nitrogens with one attached hydrogen (secondary N) is 2. The smallest absolute Gasteiger partial charge is 0.306 e. The Labute approximate surface area is 373 Å². The molecule has 0 aromatic heterocycles. The van der Waals surface area contributed by atoms with Gasteiger partial charge in [-0.15, -0.1) is 0 Å². The van der Waals surface area contributed by atoms with Gasteiger partial charge in [0.05, 0.1) is 26.4 Å². The summed E-state index contributed by atoms with van der Waals surface area (Å²) in [5, 5.41) is 5.88. The van der Waals surface area contributed by atoms with Gasteiger partial charge in [0.1, 0.15) is 11.9 Å². The predicted octanol–water partition coefficient (Wildman–Crippen LogP) is 11.6. The summed E-state index contributed by atoms with van der Waals surface area (Å²) in [6.07, 6.45) is 20.8. The van der Waals surface area contributed by atoms with Gasteiger partial charge in [0, 0.05) is 13.0 Å². The fourth-order valence-corrected chi connectivity index (χ4v) is 8.09. The van der Waals surface area contributed by atoms with E-state index in [2.05, 4.69) is 60.9 Å². The molecule has 0 aliphatic carbocycles. The van der Waals surface area contributed by atoms with Crippen molar-refractivity contribution in [3.63, 3.8) is 0 Å². The first-order valence-corrected chi connectivity index (χ1v) is 25.0. The highest BCUT2D eigenvalue weighted by Gasteiger charge is 2.17. The van der Waals surface area contributed by atoms with Crippen LogP contribution in [0, 0.1) is 0 Å². The largest absolute Gasteiger partial charge is 0.756 e. The van der Waals surface area contributed by atoms with Crippen LogP contribution in [-0.4, -0.2) is 57.4 Å². The summed E-state index contributed by atoms with van der Waals surface area (Å²) < 4.78 is 33.3. The minimum atomic E-state index is -4.65. The van der Waals surface area contributed by atoms with E-state index in [4.69, 9.17) is 18.5 Å². The minimum Gasteiger partial charge on any atom is -0.756 e. The fraction of sp³-hybridized carbons (Fsp3) is 0.569. The summed E-state index contributed by atoms with van der Waals surface area (Å²) in [6.45, 7) is 6.65. The van der Waals surface area contributed by atoms with Crippen LogP contribution in [0.1, 0.15) is 159 Å². The topological polar surface area (TPSA) is 135 Å². The molecule has 2 atom stereocenters. The maximum Gasteiger partial charge on any atom is 0.306 e. The van der Waals surface area contributed by atoms with Gasteiger partial charge in [-0.05, 0) is 79.1 Å². The van der Waals surface area contributed by atoms with Crippen molar-refractivity contribution in [2.75, 3.05) is 39.5 Å². The zero-order valence-electron chi connectivity index (χ0n) is 38.1. The number of hydrogen-bond donors (Lipinski definition) is 2. The van der Waals surface area contributed by atoms with Crippen LogP contribution in [0.15, 0.2) is 84.9 Å². The van der Waals surface area contributed by atoms with Crippen molar-refractivity contribution in [1.29, 1.82) is 0 Å². The Morgan fingerprint density at radius 3 is 1.74 bits per heavy atom. The van der Waals surface area contributed by atoms with Crippen LogP contribution >= 0.6 is 7.82 Å². The molecule has 10 nitrogen and oxygen atoms in total. The summed E-state index contributed by atoms with van der Waals surface area (Å²) in [5.41, 5.74) is 5.71. The highest BCUT2D eigenvalue weighted by Crippen LogP contribution is 2.38. The van der Waals surface area contributed by atoms with E-state index in [1.165, 1.54) is 82.6 Å². The van der Waals surface area contributed by atoms with E-state index in [1.54, 1.807) is 6.92 Å². The number of hydrogen-bond acceptors (Lipinski definition) is 9. The second kappa shape index (κ2) is 32.8. The fourth-order valence-electron chi connectivity index (χ4n) is 7.30. The molecule has 3 rings (SSSR count). The monoisotopic (exact) mass is 876 g/mol. The number of ether oxygens (including phenoxy) is 2. The van der Waals surface area contributed by atoms with Gasteiger partial charge in [-0.3, -0.25) is 14.2 Å². The van der Waals surface area contributed by atoms with Crippen LogP contribution < -0.4 is 20.3 Å². The van der Waals surface area contributed by atoms with Crippen molar-refractivity contribution in [2.24, 2.45) is 0 Å². The molecule has 344 valence electrons. The van der Waals surface area contributed by atoms with Crippen LogP contribution in [0.25, 0.3) is 11.1 Å². The predicted molar refractivity (Wildman–Crippen MR) is 251 cm³/mol. The van der Waals surface area contributed by atoms with Crippen LogP contribution in [-0.2, 0) is 27.9 Å². The third kappa shape index (κ3) is 23.6. The van der Waals surface area contributed by atoms with E-state index >= 15 is 0 Å². The molecular formula is C51H76N2O8P-. The molecule has 1 amide bonds. The summed E-state index contributed by atoms with van der Waals surface area (Å²) in [4.78, 5) is 37.1. The summed E-state index contributed by atoms with van der Waals surface area (Å²) in [6, 6.07) is 29.0.